The van der Waals surface area contributed by atoms with Gasteiger partial charge in [-0.05, 0) is 44.9 Å². The Bertz CT molecular complexity index is 496. The molecule has 106 valence electrons. The Labute approximate surface area is 115 Å². The Balaban J connectivity index is 2.10. The number of rotatable bonds is 4. The number of sulfonamides is 1. The van der Waals surface area contributed by atoms with Crippen molar-refractivity contribution in [1.82, 2.24) is 14.6 Å². The SMILES string of the molecule is CNC1CCC(N(C)S(=O)(=O)c2cccnc2)CC1. The lowest BCUT2D eigenvalue weighted by Gasteiger charge is -2.33. The van der Waals surface area contributed by atoms with E-state index >= 15 is 0 Å². The summed E-state index contributed by atoms with van der Waals surface area (Å²) in [4.78, 5) is 4.16. The second-order valence-electron chi connectivity index (χ2n) is 5.00. The Morgan fingerprint density at radius 1 is 1.32 bits per heavy atom. The maximum Gasteiger partial charge on any atom is 0.244 e. The van der Waals surface area contributed by atoms with Crippen molar-refractivity contribution in [1.29, 1.82) is 0 Å². The van der Waals surface area contributed by atoms with Crippen molar-refractivity contribution in [2.75, 3.05) is 14.1 Å². The van der Waals surface area contributed by atoms with Gasteiger partial charge in [-0.2, -0.15) is 4.31 Å². The molecule has 2 rings (SSSR count). The van der Waals surface area contributed by atoms with Gasteiger partial charge in [-0.15, -0.1) is 0 Å². The summed E-state index contributed by atoms with van der Waals surface area (Å²) in [6, 6.07) is 3.86. The monoisotopic (exact) mass is 283 g/mol. The van der Waals surface area contributed by atoms with Crippen molar-refractivity contribution < 1.29 is 8.42 Å². The number of pyridine rings is 1. The Kier molecular flexibility index (Phi) is 4.54. The van der Waals surface area contributed by atoms with Crippen LogP contribution < -0.4 is 5.32 Å². The Hall–Kier alpha value is -0.980. The van der Waals surface area contributed by atoms with Crippen molar-refractivity contribution in [3.63, 3.8) is 0 Å². The van der Waals surface area contributed by atoms with Gasteiger partial charge >= 0.3 is 0 Å². The highest BCUT2D eigenvalue weighted by molar-refractivity contribution is 7.89. The van der Waals surface area contributed by atoms with E-state index in [2.05, 4.69) is 10.3 Å². The molecule has 0 spiro atoms. The number of nitrogens with zero attached hydrogens (tertiary/aromatic N) is 2. The summed E-state index contributed by atoms with van der Waals surface area (Å²) < 4.78 is 26.4. The predicted molar refractivity (Wildman–Crippen MR) is 74.3 cm³/mol. The Morgan fingerprint density at radius 3 is 2.53 bits per heavy atom. The van der Waals surface area contributed by atoms with Gasteiger partial charge in [-0.1, -0.05) is 0 Å². The molecule has 0 bridgehead atoms. The van der Waals surface area contributed by atoms with Crippen molar-refractivity contribution >= 4 is 10.0 Å². The summed E-state index contributed by atoms with van der Waals surface area (Å²) in [6.45, 7) is 0. The van der Waals surface area contributed by atoms with Gasteiger partial charge in [0.1, 0.15) is 4.90 Å². The molecule has 1 aromatic heterocycles. The average Bonchev–Trinajstić information content (AvgIpc) is 2.47. The quantitative estimate of drug-likeness (QED) is 0.903. The summed E-state index contributed by atoms with van der Waals surface area (Å²) in [5.74, 6) is 0. The molecule has 0 atom stereocenters. The first-order valence-electron chi connectivity index (χ1n) is 6.61. The fraction of sp³-hybridized carbons (Fsp3) is 0.615. The van der Waals surface area contributed by atoms with Gasteiger partial charge in [-0.25, -0.2) is 8.42 Å². The third-order valence-corrected chi connectivity index (χ3v) is 5.82. The third kappa shape index (κ3) is 3.13. The van der Waals surface area contributed by atoms with E-state index in [1.807, 2.05) is 7.05 Å². The Morgan fingerprint density at radius 2 is 2.00 bits per heavy atom. The number of nitrogens with one attached hydrogen (secondary N) is 1. The maximum atomic E-state index is 12.5. The second-order valence-corrected chi connectivity index (χ2v) is 7.00. The largest absolute Gasteiger partial charge is 0.317 e. The van der Waals surface area contributed by atoms with Crippen LogP contribution in [0.3, 0.4) is 0 Å². The van der Waals surface area contributed by atoms with Gasteiger partial charge < -0.3 is 5.32 Å². The summed E-state index contributed by atoms with van der Waals surface area (Å²) in [7, 11) is 0.220. The second kappa shape index (κ2) is 5.98. The fourth-order valence-corrected chi connectivity index (χ4v) is 3.97. The molecule has 0 saturated heterocycles. The van der Waals surface area contributed by atoms with Gasteiger partial charge in [0.05, 0.1) is 0 Å². The molecule has 1 saturated carbocycles. The van der Waals surface area contributed by atoms with E-state index in [9.17, 15) is 8.42 Å². The molecule has 5 nitrogen and oxygen atoms in total. The van der Waals surface area contributed by atoms with Crippen molar-refractivity contribution in [3.8, 4) is 0 Å². The van der Waals surface area contributed by atoms with E-state index in [0.717, 1.165) is 25.7 Å². The van der Waals surface area contributed by atoms with E-state index < -0.39 is 10.0 Å². The van der Waals surface area contributed by atoms with Gasteiger partial charge in [0.25, 0.3) is 0 Å². The molecule has 0 aliphatic heterocycles. The molecule has 1 aromatic rings. The van der Waals surface area contributed by atoms with Crippen LogP contribution in [0.1, 0.15) is 25.7 Å². The first kappa shape index (κ1) is 14.4. The van der Waals surface area contributed by atoms with Crippen LogP contribution in [0, 0.1) is 0 Å². The standard InChI is InChI=1S/C13H21N3O2S/c1-14-11-5-7-12(8-6-11)16(2)19(17,18)13-4-3-9-15-10-13/h3-4,9-12,14H,5-8H2,1-2H3. The van der Waals surface area contributed by atoms with Gasteiger partial charge in [-0.3, -0.25) is 4.98 Å². The fourth-order valence-electron chi connectivity index (χ4n) is 2.59. The topological polar surface area (TPSA) is 62.3 Å². The summed E-state index contributed by atoms with van der Waals surface area (Å²) >= 11 is 0. The van der Waals surface area contributed by atoms with Crippen molar-refractivity contribution in [2.24, 2.45) is 0 Å². The van der Waals surface area contributed by atoms with E-state index in [-0.39, 0.29) is 10.9 Å². The van der Waals surface area contributed by atoms with Crippen LogP contribution in [0.25, 0.3) is 0 Å². The number of hydrogen-bond donors (Lipinski definition) is 1. The minimum atomic E-state index is -3.41. The first-order chi connectivity index (χ1) is 9.05. The normalized spacial score (nSPS) is 24.6. The number of hydrogen-bond acceptors (Lipinski definition) is 4. The van der Waals surface area contributed by atoms with E-state index in [4.69, 9.17) is 0 Å². The highest BCUT2D eigenvalue weighted by Crippen LogP contribution is 2.26. The molecule has 0 aromatic carbocycles. The molecule has 0 amide bonds. The lowest BCUT2D eigenvalue weighted by molar-refractivity contribution is 0.255. The molecule has 0 unspecified atom stereocenters. The van der Waals surface area contributed by atoms with Gasteiger partial charge in [0, 0.05) is 31.5 Å². The van der Waals surface area contributed by atoms with E-state index in [0.29, 0.717) is 6.04 Å². The molecule has 1 heterocycles. The molecule has 6 heteroatoms. The van der Waals surface area contributed by atoms with Crippen LogP contribution >= 0.6 is 0 Å². The smallest absolute Gasteiger partial charge is 0.244 e. The van der Waals surface area contributed by atoms with E-state index in [1.165, 1.54) is 10.5 Å². The molecular formula is C13H21N3O2S. The summed E-state index contributed by atoms with van der Waals surface area (Å²) in [5, 5.41) is 3.26. The molecule has 1 aliphatic rings. The van der Waals surface area contributed by atoms with Crippen LogP contribution in [0.5, 0.6) is 0 Å². The number of aromatic nitrogens is 1. The van der Waals surface area contributed by atoms with Crippen LogP contribution in [0.15, 0.2) is 29.4 Å². The highest BCUT2D eigenvalue weighted by Gasteiger charge is 2.31. The molecule has 19 heavy (non-hydrogen) atoms. The third-order valence-electron chi connectivity index (χ3n) is 3.93. The highest BCUT2D eigenvalue weighted by atomic mass is 32.2. The molecule has 1 N–H and O–H groups in total. The summed E-state index contributed by atoms with van der Waals surface area (Å²) in [6.07, 6.45) is 6.84. The van der Waals surface area contributed by atoms with Crippen molar-refractivity contribution in [2.45, 2.75) is 42.7 Å². The van der Waals surface area contributed by atoms with Crippen LogP contribution in [0.2, 0.25) is 0 Å². The average molecular weight is 283 g/mol. The van der Waals surface area contributed by atoms with Crippen LogP contribution in [-0.4, -0.2) is 43.9 Å². The molecule has 1 aliphatic carbocycles. The lowest BCUT2D eigenvalue weighted by Crippen LogP contribution is -2.42. The minimum absolute atomic E-state index is 0.0924. The zero-order valence-electron chi connectivity index (χ0n) is 11.4. The van der Waals surface area contributed by atoms with Gasteiger partial charge in [0.15, 0.2) is 0 Å². The van der Waals surface area contributed by atoms with E-state index in [1.54, 1.807) is 25.4 Å². The van der Waals surface area contributed by atoms with Gasteiger partial charge in [0.2, 0.25) is 10.0 Å². The van der Waals surface area contributed by atoms with Crippen LogP contribution in [-0.2, 0) is 10.0 Å². The lowest BCUT2D eigenvalue weighted by atomic mass is 9.91. The van der Waals surface area contributed by atoms with Crippen molar-refractivity contribution in [3.05, 3.63) is 24.5 Å². The maximum absolute atomic E-state index is 12.5. The van der Waals surface area contributed by atoms with Crippen LogP contribution in [0.4, 0.5) is 0 Å². The zero-order valence-corrected chi connectivity index (χ0v) is 12.2. The molecule has 0 radical (unpaired) electrons. The molecule has 1 fully saturated rings. The first-order valence-corrected chi connectivity index (χ1v) is 8.05. The summed E-state index contributed by atoms with van der Waals surface area (Å²) in [5.41, 5.74) is 0. The molecular weight excluding hydrogens is 262 g/mol. The predicted octanol–water partition coefficient (Wildman–Crippen LogP) is 1.23. The zero-order chi connectivity index (χ0) is 13.9. The minimum Gasteiger partial charge on any atom is -0.317 e.